The van der Waals surface area contributed by atoms with Gasteiger partial charge in [-0.25, -0.2) is 0 Å². The van der Waals surface area contributed by atoms with Crippen molar-refractivity contribution < 1.29 is 0 Å². The fourth-order valence-electron chi connectivity index (χ4n) is 2.72. The summed E-state index contributed by atoms with van der Waals surface area (Å²) in [6.45, 7) is 15.6. The monoisotopic (exact) mass is 266 g/mol. The number of benzene rings is 1. The predicted octanol–water partition coefficient (Wildman–Crippen LogP) is 5.93. The zero-order valence-electron chi connectivity index (χ0n) is 13.1. The van der Waals surface area contributed by atoms with Crippen LogP contribution in [0.25, 0.3) is 0 Å². The summed E-state index contributed by atoms with van der Waals surface area (Å²) < 4.78 is 0. The third-order valence-electron chi connectivity index (χ3n) is 3.12. The molecule has 0 radical (unpaired) electrons. The minimum Gasteiger partial charge on any atom is -0.175 e. The molecule has 0 fully saturated rings. The van der Waals surface area contributed by atoms with Crippen molar-refractivity contribution in [2.24, 2.45) is 11.3 Å². The van der Waals surface area contributed by atoms with Crippen LogP contribution in [0, 0.1) is 11.3 Å². The SMILES string of the molecule is CC.CC(C)C(c1ccc(CS)cc1)C(C)(C)C. The molecule has 0 aliphatic heterocycles. The molecule has 0 nitrogen and oxygen atoms in total. The van der Waals surface area contributed by atoms with Gasteiger partial charge >= 0.3 is 0 Å². The Balaban J connectivity index is 0.00000137. The van der Waals surface area contributed by atoms with Crippen molar-refractivity contribution in [2.45, 2.75) is 60.1 Å². The highest BCUT2D eigenvalue weighted by Gasteiger charge is 2.28. The summed E-state index contributed by atoms with van der Waals surface area (Å²) >= 11 is 4.29. The number of hydrogen-bond donors (Lipinski definition) is 1. The van der Waals surface area contributed by atoms with E-state index < -0.39 is 0 Å². The maximum absolute atomic E-state index is 4.29. The topological polar surface area (TPSA) is 0 Å². The summed E-state index contributed by atoms with van der Waals surface area (Å²) in [6, 6.07) is 8.93. The molecule has 0 saturated carbocycles. The largest absolute Gasteiger partial charge is 0.175 e. The van der Waals surface area contributed by atoms with Crippen molar-refractivity contribution in [1.82, 2.24) is 0 Å². The quantitative estimate of drug-likeness (QED) is 0.644. The fraction of sp³-hybridized carbons (Fsp3) is 0.647. The van der Waals surface area contributed by atoms with Crippen LogP contribution in [0.5, 0.6) is 0 Å². The van der Waals surface area contributed by atoms with E-state index in [-0.39, 0.29) is 0 Å². The molecule has 0 bridgehead atoms. The standard InChI is InChI=1S/C15H24S.C2H6/c1-11(2)14(15(3,4)5)13-8-6-12(10-16)7-9-13;1-2/h6-9,11,14,16H,10H2,1-5H3;1-2H3. The van der Waals surface area contributed by atoms with Gasteiger partial charge in [-0.2, -0.15) is 12.6 Å². The Hall–Kier alpha value is -0.430. The van der Waals surface area contributed by atoms with Crippen molar-refractivity contribution in [3.05, 3.63) is 35.4 Å². The van der Waals surface area contributed by atoms with Crippen LogP contribution in [-0.4, -0.2) is 0 Å². The summed E-state index contributed by atoms with van der Waals surface area (Å²) in [6.07, 6.45) is 0. The Morgan fingerprint density at radius 2 is 1.44 bits per heavy atom. The molecule has 0 spiro atoms. The average molecular weight is 266 g/mol. The Kier molecular flexibility index (Phi) is 7.70. The number of thiol groups is 1. The van der Waals surface area contributed by atoms with Crippen molar-refractivity contribution >= 4 is 12.6 Å². The second-order valence-electron chi connectivity index (χ2n) is 5.99. The van der Waals surface area contributed by atoms with Gasteiger partial charge in [0.15, 0.2) is 0 Å². The van der Waals surface area contributed by atoms with E-state index in [4.69, 9.17) is 0 Å². The first-order chi connectivity index (χ1) is 8.36. The van der Waals surface area contributed by atoms with Gasteiger partial charge in [0.05, 0.1) is 0 Å². The van der Waals surface area contributed by atoms with E-state index in [1.54, 1.807) is 0 Å². The minimum atomic E-state index is 0.316. The average Bonchev–Trinajstić information content (AvgIpc) is 2.30. The molecule has 104 valence electrons. The molecule has 0 N–H and O–H groups in total. The lowest BCUT2D eigenvalue weighted by Gasteiger charge is -2.34. The van der Waals surface area contributed by atoms with Gasteiger partial charge < -0.3 is 0 Å². The minimum absolute atomic E-state index is 0.316. The lowest BCUT2D eigenvalue weighted by Crippen LogP contribution is -2.23. The van der Waals surface area contributed by atoms with Crippen LogP contribution in [0.2, 0.25) is 0 Å². The second kappa shape index (κ2) is 7.89. The van der Waals surface area contributed by atoms with Gasteiger partial charge in [0.25, 0.3) is 0 Å². The third-order valence-corrected chi connectivity index (χ3v) is 3.49. The van der Waals surface area contributed by atoms with Gasteiger partial charge in [-0.3, -0.25) is 0 Å². The van der Waals surface area contributed by atoms with Gasteiger partial charge in [0.2, 0.25) is 0 Å². The Morgan fingerprint density at radius 1 is 1.00 bits per heavy atom. The third kappa shape index (κ3) is 5.06. The maximum Gasteiger partial charge on any atom is 0.0154 e. The zero-order chi connectivity index (χ0) is 14.3. The van der Waals surface area contributed by atoms with Gasteiger partial charge in [-0.15, -0.1) is 0 Å². The van der Waals surface area contributed by atoms with Crippen LogP contribution < -0.4 is 0 Å². The van der Waals surface area contributed by atoms with Crippen molar-refractivity contribution in [1.29, 1.82) is 0 Å². The smallest absolute Gasteiger partial charge is 0.0154 e. The molecular weight excluding hydrogens is 236 g/mol. The lowest BCUT2D eigenvalue weighted by atomic mass is 9.70. The lowest BCUT2D eigenvalue weighted by molar-refractivity contribution is 0.258. The molecule has 18 heavy (non-hydrogen) atoms. The van der Waals surface area contributed by atoms with E-state index in [0.717, 1.165) is 5.75 Å². The molecule has 1 rings (SSSR count). The predicted molar refractivity (Wildman–Crippen MR) is 87.5 cm³/mol. The van der Waals surface area contributed by atoms with Gasteiger partial charge in [-0.05, 0) is 28.4 Å². The normalized spacial score (nSPS) is 12.9. The first-order valence-electron chi connectivity index (χ1n) is 7.06. The number of rotatable bonds is 3. The highest BCUT2D eigenvalue weighted by atomic mass is 32.1. The molecule has 1 unspecified atom stereocenters. The first-order valence-corrected chi connectivity index (χ1v) is 7.69. The van der Waals surface area contributed by atoms with Crippen LogP contribution in [0.4, 0.5) is 0 Å². The van der Waals surface area contributed by atoms with E-state index in [1.807, 2.05) is 13.8 Å². The maximum atomic E-state index is 4.29. The van der Waals surface area contributed by atoms with Crippen LogP contribution in [0.15, 0.2) is 24.3 Å². The first kappa shape index (κ1) is 17.6. The molecule has 0 aliphatic carbocycles. The molecule has 0 heterocycles. The Morgan fingerprint density at radius 3 is 1.72 bits per heavy atom. The zero-order valence-corrected chi connectivity index (χ0v) is 14.0. The summed E-state index contributed by atoms with van der Waals surface area (Å²) in [5.74, 6) is 2.10. The summed E-state index contributed by atoms with van der Waals surface area (Å²) in [4.78, 5) is 0. The Bertz CT molecular complexity index is 316. The molecule has 1 heteroatoms. The molecule has 0 amide bonds. The summed E-state index contributed by atoms with van der Waals surface area (Å²) in [5, 5.41) is 0. The van der Waals surface area contributed by atoms with E-state index in [1.165, 1.54) is 11.1 Å². The van der Waals surface area contributed by atoms with Crippen molar-refractivity contribution in [2.75, 3.05) is 0 Å². The number of hydrogen-bond acceptors (Lipinski definition) is 1. The molecule has 0 aliphatic rings. The molecular formula is C17H30S. The van der Waals surface area contributed by atoms with Gasteiger partial charge in [0.1, 0.15) is 0 Å². The second-order valence-corrected chi connectivity index (χ2v) is 6.30. The van der Waals surface area contributed by atoms with E-state index in [9.17, 15) is 0 Å². The fourth-order valence-corrected chi connectivity index (χ4v) is 2.93. The van der Waals surface area contributed by atoms with Crippen LogP contribution in [-0.2, 0) is 5.75 Å². The van der Waals surface area contributed by atoms with Gasteiger partial charge in [-0.1, -0.05) is 72.7 Å². The molecule has 0 saturated heterocycles. The summed E-state index contributed by atoms with van der Waals surface area (Å²) in [7, 11) is 0. The van der Waals surface area contributed by atoms with Crippen molar-refractivity contribution in [3.63, 3.8) is 0 Å². The molecule has 1 aromatic rings. The summed E-state index contributed by atoms with van der Waals surface area (Å²) in [5.41, 5.74) is 3.06. The van der Waals surface area contributed by atoms with Crippen molar-refractivity contribution in [3.8, 4) is 0 Å². The van der Waals surface area contributed by atoms with E-state index in [2.05, 4.69) is 71.5 Å². The Labute approximate surface area is 120 Å². The van der Waals surface area contributed by atoms with Gasteiger partial charge in [0, 0.05) is 5.75 Å². The highest BCUT2D eigenvalue weighted by molar-refractivity contribution is 7.79. The molecule has 1 atom stereocenters. The van der Waals surface area contributed by atoms with Crippen LogP contribution >= 0.6 is 12.6 Å². The highest BCUT2D eigenvalue weighted by Crippen LogP contribution is 2.40. The van der Waals surface area contributed by atoms with E-state index >= 15 is 0 Å². The van der Waals surface area contributed by atoms with Crippen LogP contribution in [0.3, 0.4) is 0 Å². The van der Waals surface area contributed by atoms with E-state index in [0.29, 0.717) is 17.3 Å². The van der Waals surface area contributed by atoms with Crippen LogP contribution in [0.1, 0.15) is 65.5 Å². The molecule has 1 aromatic carbocycles. The molecule has 0 aromatic heterocycles.